The van der Waals surface area contributed by atoms with Crippen LogP contribution in [-0.4, -0.2) is 56.6 Å². The second-order valence-electron chi connectivity index (χ2n) is 10.7. The molecular weight excluding hydrogens is 456 g/mol. The predicted octanol–water partition coefficient (Wildman–Crippen LogP) is 3.47. The third-order valence-corrected chi connectivity index (χ3v) is 7.42. The van der Waals surface area contributed by atoms with Crippen LogP contribution in [-0.2, 0) is 13.6 Å². The minimum Gasteiger partial charge on any atom is -0.486 e. The SMILES string of the molecule is C[C@H](c1ccc2c(c1)OC(C)(C)CO2)N1C[C@H](C)N(c2cc(=O)n(C)c3cn(CC#N)nc23)C[C@@H]1C. The highest BCUT2D eigenvalue weighted by molar-refractivity contribution is 5.88. The zero-order chi connectivity index (χ0) is 25.8. The number of pyridine rings is 1. The first-order chi connectivity index (χ1) is 17.1. The van der Waals surface area contributed by atoms with E-state index in [0.717, 1.165) is 41.3 Å². The third-order valence-electron chi connectivity index (χ3n) is 7.42. The molecule has 9 nitrogen and oxygen atoms in total. The lowest BCUT2D eigenvalue weighted by atomic mass is 9.99. The molecule has 9 heteroatoms. The molecule has 0 spiro atoms. The van der Waals surface area contributed by atoms with Crippen molar-refractivity contribution in [3.05, 3.63) is 46.4 Å². The van der Waals surface area contributed by atoms with Crippen molar-refractivity contribution in [1.29, 1.82) is 5.26 Å². The first-order valence-electron chi connectivity index (χ1n) is 12.5. The molecule has 4 heterocycles. The molecule has 0 unspecified atom stereocenters. The number of fused-ring (bicyclic) bond motifs is 2. The molecule has 0 amide bonds. The molecule has 0 radical (unpaired) electrons. The average molecular weight is 491 g/mol. The van der Waals surface area contributed by atoms with E-state index in [9.17, 15) is 4.79 Å². The first-order valence-corrected chi connectivity index (χ1v) is 12.5. The quantitative estimate of drug-likeness (QED) is 0.553. The van der Waals surface area contributed by atoms with Gasteiger partial charge >= 0.3 is 0 Å². The molecule has 1 fully saturated rings. The van der Waals surface area contributed by atoms with E-state index in [0.29, 0.717) is 6.61 Å². The van der Waals surface area contributed by atoms with Crippen LogP contribution in [0.2, 0.25) is 0 Å². The molecule has 2 aromatic heterocycles. The molecule has 1 saturated heterocycles. The highest BCUT2D eigenvalue weighted by atomic mass is 16.6. The van der Waals surface area contributed by atoms with Gasteiger partial charge in [-0.1, -0.05) is 6.07 Å². The molecule has 3 aromatic rings. The number of nitrogens with zero attached hydrogens (tertiary/aromatic N) is 6. The maximum Gasteiger partial charge on any atom is 0.252 e. The summed E-state index contributed by atoms with van der Waals surface area (Å²) >= 11 is 0. The Morgan fingerprint density at radius 2 is 1.97 bits per heavy atom. The number of nitriles is 1. The molecule has 1 aromatic carbocycles. The molecule has 0 saturated carbocycles. The second kappa shape index (κ2) is 8.86. The van der Waals surface area contributed by atoms with E-state index in [1.54, 1.807) is 28.6 Å². The molecule has 0 bridgehead atoms. The zero-order valence-electron chi connectivity index (χ0n) is 21.9. The van der Waals surface area contributed by atoms with Crippen molar-refractivity contribution in [2.24, 2.45) is 7.05 Å². The summed E-state index contributed by atoms with van der Waals surface area (Å²) in [4.78, 5) is 17.6. The van der Waals surface area contributed by atoms with Crippen LogP contribution in [0.3, 0.4) is 0 Å². The van der Waals surface area contributed by atoms with E-state index >= 15 is 0 Å². The molecular formula is C27H34N6O3. The van der Waals surface area contributed by atoms with Gasteiger partial charge in [0.25, 0.3) is 5.56 Å². The average Bonchev–Trinajstić information content (AvgIpc) is 3.25. The van der Waals surface area contributed by atoms with E-state index in [2.05, 4.69) is 53.9 Å². The molecule has 190 valence electrons. The second-order valence-corrected chi connectivity index (χ2v) is 10.7. The predicted molar refractivity (Wildman–Crippen MR) is 139 cm³/mol. The monoisotopic (exact) mass is 490 g/mol. The van der Waals surface area contributed by atoms with Gasteiger partial charge in [0.2, 0.25) is 0 Å². The number of hydrogen-bond donors (Lipinski definition) is 0. The molecule has 3 atom stereocenters. The summed E-state index contributed by atoms with van der Waals surface area (Å²) in [5, 5.41) is 13.8. The Morgan fingerprint density at radius 1 is 1.19 bits per heavy atom. The van der Waals surface area contributed by atoms with Gasteiger partial charge in [-0.15, -0.1) is 0 Å². The number of aryl methyl sites for hydroxylation is 1. The minimum absolute atomic E-state index is 0.0798. The van der Waals surface area contributed by atoms with Crippen molar-refractivity contribution in [2.45, 2.75) is 64.9 Å². The number of anilines is 1. The topological polar surface area (TPSA) is 88.5 Å². The fourth-order valence-electron chi connectivity index (χ4n) is 5.39. The van der Waals surface area contributed by atoms with Gasteiger partial charge in [-0.05, 0) is 52.3 Å². The van der Waals surface area contributed by atoms with Gasteiger partial charge in [0.1, 0.15) is 24.3 Å². The number of benzene rings is 1. The summed E-state index contributed by atoms with van der Waals surface area (Å²) in [5.74, 6) is 1.59. The summed E-state index contributed by atoms with van der Waals surface area (Å²) in [6.07, 6.45) is 1.78. The Morgan fingerprint density at radius 3 is 2.72 bits per heavy atom. The fourth-order valence-corrected chi connectivity index (χ4v) is 5.39. The number of ether oxygens (including phenoxy) is 2. The summed E-state index contributed by atoms with van der Waals surface area (Å²) in [7, 11) is 1.74. The molecule has 0 aliphatic carbocycles. The minimum atomic E-state index is -0.347. The van der Waals surface area contributed by atoms with Gasteiger partial charge in [-0.2, -0.15) is 10.4 Å². The molecule has 0 N–H and O–H groups in total. The fraction of sp³-hybridized carbons (Fsp3) is 0.519. The van der Waals surface area contributed by atoms with Gasteiger partial charge < -0.3 is 18.9 Å². The van der Waals surface area contributed by atoms with Crippen LogP contribution in [0, 0.1) is 11.3 Å². The lowest BCUT2D eigenvalue weighted by molar-refractivity contribution is 0.0209. The number of aromatic nitrogens is 3. The van der Waals surface area contributed by atoms with Crippen LogP contribution >= 0.6 is 0 Å². The number of rotatable bonds is 4. The Balaban J connectivity index is 1.42. The summed E-state index contributed by atoms with van der Waals surface area (Å²) in [6, 6.07) is 10.6. The molecule has 5 rings (SSSR count). The Hall–Kier alpha value is -3.51. The van der Waals surface area contributed by atoms with Gasteiger partial charge in [0.05, 0.1) is 23.5 Å². The smallest absolute Gasteiger partial charge is 0.252 e. The van der Waals surface area contributed by atoms with E-state index in [1.165, 1.54) is 5.56 Å². The van der Waals surface area contributed by atoms with E-state index in [-0.39, 0.29) is 35.8 Å². The van der Waals surface area contributed by atoms with Gasteiger partial charge in [0.15, 0.2) is 11.5 Å². The maximum absolute atomic E-state index is 12.8. The Labute approximate surface area is 211 Å². The van der Waals surface area contributed by atoms with Crippen LogP contribution in [0.5, 0.6) is 11.5 Å². The van der Waals surface area contributed by atoms with Crippen molar-refractivity contribution >= 4 is 16.7 Å². The first kappa shape index (κ1) is 24.2. The van der Waals surface area contributed by atoms with Gasteiger partial charge in [0, 0.05) is 44.3 Å². The third kappa shape index (κ3) is 4.20. The summed E-state index contributed by atoms with van der Waals surface area (Å²) < 4.78 is 15.3. The summed E-state index contributed by atoms with van der Waals surface area (Å²) in [6.45, 7) is 13.0. The van der Waals surface area contributed by atoms with E-state index in [4.69, 9.17) is 14.7 Å². The van der Waals surface area contributed by atoms with Crippen molar-refractivity contribution in [1.82, 2.24) is 19.2 Å². The van der Waals surface area contributed by atoms with Gasteiger partial charge in [-0.3, -0.25) is 14.4 Å². The number of piperazine rings is 1. The van der Waals surface area contributed by atoms with Crippen LogP contribution in [0.1, 0.15) is 46.2 Å². The highest BCUT2D eigenvalue weighted by Crippen LogP contribution is 2.39. The van der Waals surface area contributed by atoms with Crippen molar-refractivity contribution in [3.63, 3.8) is 0 Å². The van der Waals surface area contributed by atoms with E-state index in [1.807, 2.05) is 19.9 Å². The lowest BCUT2D eigenvalue weighted by Crippen LogP contribution is -2.57. The standard InChI is InChI=1S/C27H34N6O3/c1-17-14-33(21-12-25(34)30(6)22-15-31(10-9-28)29-26(21)22)18(2)13-32(17)19(3)20-7-8-23-24(11-20)36-27(4,5)16-35-23/h7-8,11-12,15,17-19H,10,13-14,16H2,1-6H3/t17-,18-,19+/m0/s1. The van der Waals surface area contributed by atoms with Crippen LogP contribution < -0.4 is 19.9 Å². The normalized spacial score (nSPS) is 22.4. The molecule has 2 aliphatic heterocycles. The summed E-state index contributed by atoms with van der Waals surface area (Å²) in [5.41, 5.74) is 3.08. The van der Waals surface area contributed by atoms with Crippen molar-refractivity contribution in [2.75, 3.05) is 24.6 Å². The van der Waals surface area contributed by atoms with Crippen molar-refractivity contribution in [3.8, 4) is 17.6 Å². The molecule has 36 heavy (non-hydrogen) atoms. The molecule has 2 aliphatic rings. The lowest BCUT2D eigenvalue weighted by Gasteiger charge is -2.47. The van der Waals surface area contributed by atoms with Crippen LogP contribution in [0.25, 0.3) is 11.0 Å². The Kier molecular flexibility index (Phi) is 5.95. The van der Waals surface area contributed by atoms with Crippen LogP contribution in [0.15, 0.2) is 35.3 Å². The number of hydrogen-bond acceptors (Lipinski definition) is 7. The largest absolute Gasteiger partial charge is 0.486 e. The maximum atomic E-state index is 12.8. The zero-order valence-corrected chi connectivity index (χ0v) is 21.9. The van der Waals surface area contributed by atoms with Crippen molar-refractivity contribution < 1.29 is 9.47 Å². The van der Waals surface area contributed by atoms with Gasteiger partial charge in [-0.25, -0.2) is 0 Å². The highest BCUT2D eigenvalue weighted by Gasteiger charge is 2.35. The van der Waals surface area contributed by atoms with E-state index < -0.39 is 0 Å². The Bertz CT molecular complexity index is 1400. The van der Waals surface area contributed by atoms with Crippen LogP contribution in [0.4, 0.5) is 5.69 Å².